The Bertz CT molecular complexity index is 471. The minimum Gasteiger partial charge on any atom is -0.443 e. The lowest BCUT2D eigenvalue weighted by Crippen LogP contribution is -2.95. The highest BCUT2D eigenvalue weighted by molar-refractivity contribution is 8.07. The van der Waals surface area contributed by atoms with Crippen molar-refractivity contribution in [2.24, 2.45) is 0 Å². The second-order valence-electron chi connectivity index (χ2n) is 8.30. The van der Waals surface area contributed by atoms with Gasteiger partial charge in [-0.3, -0.25) is 0 Å². The van der Waals surface area contributed by atoms with E-state index in [2.05, 4.69) is 0 Å². The molecule has 24 heteroatoms. The monoisotopic (exact) mass is 638 g/mol. The topological polar surface area (TPSA) is 179 Å². The maximum atomic E-state index is 10.8. The van der Waals surface area contributed by atoms with Gasteiger partial charge < -0.3 is 50.0 Å². The van der Waals surface area contributed by atoms with Crippen molar-refractivity contribution in [2.75, 3.05) is 0 Å². The molecule has 0 fully saturated rings. The molecule has 176 valence electrons. The van der Waals surface area contributed by atoms with Crippen LogP contribution >= 0.6 is 0 Å². The molecule has 0 aromatic rings. The van der Waals surface area contributed by atoms with E-state index < -0.39 is 112 Å². The van der Waals surface area contributed by atoms with E-state index in [0.717, 1.165) is 0 Å². The zero-order valence-corrected chi connectivity index (χ0v) is 34.2. The van der Waals surface area contributed by atoms with Gasteiger partial charge in [0.1, 0.15) is 0 Å². The van der Waals surface area contributed by atoms with Crippen LogP contribution in [-0.2, 0) is 16.5 Å². The van der Waals surface area contributed by atoms with Crippen molar-refractivity contribution in [2.45, 2.75) is 32.7 Å². The molecule has 0 heterocycles. The summed E-state index contributed by atoms with van der Waals surface area (Å²) in [4.78, 5) is 72.2. The molecule has 29 heavy (non-hydrogen) atoms. The predicted octanol–water partition coefficient (Wildman–Crippen LogP) is -10.5. The minimum absolute atomic E-state index is 1.52. The van der Waals surface area contributed by atoms with Gasteiger partial charge in [0.05, 0.1) is 7.11 Å². The molecule has 1 unspecified atom stereocenters. The molecule has 0 aliphatic rings. The molecule has 1 atom stereocenters. The largest absolute Gasteiger partial charge is 0.443 e. The number of hydrogen-bond acceptors (Lipinski definition) is 11. The van der Waals surface area contributed by atoms with Crippen LogP contribution in [0.4, 0.5) is 0 Å². The van der Waals surface area contributed by atoms with Crippen LogP contribution in [0.15, 0.2) is 0 Å². The van der Waals surface area contributed by atoms with Gasteiger partial charge in [0, 0.05) is 0 Å². The molecule has 0 rings (SSSR count). The lowest BCUT2D eigenvalue weighted by atomic mass is 11.8. The van der Waals surface area contributed by atoms with Gasteiger partial charge in [0.2, 0.25) is 6.87 Å². The first-order valence-corrected chi connectivity index (χ1v) is 42.7. The van der Waals surface area contributed by atoms with E-state index in [-0.39, 0.29) is 0 Å². The molecule has 0 radical (unpaired) electrons. The van der Waals surface area contributed by atoms with Crippen LogP contribution in [0.1, 0.15) is 0 Å². The average Bonchev–Trinajstić information content (AvgIpc) is 2.66. The standard InChI is InChI=1S/C5H38O11Si13/c1-25(2,3)15-24-16-28(21-10,22-11)29(23-12,14-18-7)26(4,5)27(19-8,20-9)13-17-6/h6-12H,17-24H2,1-5H3. The Hall–Kier alpha value is 2.38. The summed E-state index contributed by atoms with van der Waals surface area (Å²) in [5, 5.41) is 0. The predicted molar refractivity (Wildman–Crippen MR) is 146 cm³/mol. The van der Waals surface area contributed by atoms with Gasteiger partial charge in [0.25, 0.3) is 30.0 Å². The first kappa shape index (κ1) is 31.4. The van der Waals surface area contributed by atoms with E-state index in [0.29, 0.717) is 0 Å². The highest BCUT2D eigenvalue weighted by Gasteiger charge is 2.73. The molecule has 0 aliphatic carbocycles. The van der Waals surface area contributed by atoms with Crippen LogP contribution in [0, 0.1) is 0 Å². The fraction of sp³-hybridized carbons (Fsp3) is 1.00. The molecule has 0 aromatic carbocycles. The summed E-state index contributed by atoms with van der Waals surface area (Å²) in [6.45, 7) is 0.264. The fourth-order valence-corrected chi connectivity index (χ4v) is 219. The fourth-order valence-electron chi connectivity index (χ4n) is 3.42. The van der Waals surface area contributed by atoms with Crippen molar-refractivity contribution >= 4 is 112 Å². The van der Waals surface area contributed by atoms with E-state index in [4.69, 9.17) is 16.5 Å². The summed E-state index contributed by atoms with van der Waals surface area (Å²) in [6, 6.07) is 0. The third kappa shape index (κ3) is 6.71. The molecule has 0 bridgehead atoms. The number of rotatable bonds is 16. The Balaban J connectivity index is 6.58. The summed E-state index contributed by atoms with van der Waals surface area (Å²) in [5.41, 5.74) is 0. The second kappa shape index (κ2) is 13.3. The molecule has 7 N–H and O–H groups in total. The van der Waals surface area contributed by atoms with Crippen molar-refractivity contribution in [3.05, 3.63) is 0 Å². The van der Waals surface area contributed by atoms with Crippen LogP contribution in [-0.4, -0.2) is 146 Å². The molecule has 0 amide bonds. The van der Waals surface area contributed by atoms with Crippen LogP contribution in [0.2, 0.25) is 32.7 Å². The second-order valence-corrected chi connectivity index (χ2v) is 89.3. The zero-order valence-electron chi connectivity index (χ0n) is 17.9. The lowest BCUT2D eigenvalue weighted by Gasteiger charge is -2.56. The Labute approximate surface area is 194 Å². The first-order valence-electron chi connectivity index (χ1n) is 9.20. The van der Waals surface area contributed by atoms with Crippen LogP contribution < -0.4 is 0 Å². The van der Waals surface area contributed by atoms with E-state index >= 15 is 0 Å². The van der Waals surface area contributed by atoms with E-state index in [1.54, 1.807) is 0 Å². The van der Waals surface area contributed by atoms with Gasteiger partial charge in [-0.25, -0.2) is 0 Å². The van der Waals surface area contributed by atoms with Crippen LogP contribution in [0.25, 0.3) is 0 Å². The van der Waals surface area contributed by atoms with Gasteiger partial charge in [0.15, 0.2) is 68.5 Å². The van der Waals surface area contributed by atoms with Crippen molar-refractivity contribution in [1.29, 1.82) is 0 Å². The molecular weight excluding hydrogens is 601 g/mol. The molecule has 0 aliphatic heterocycles. The van der Waals surface area contributed by atoms with Crippen molar-refractivity contribution in [3.8, 4) is 0 Å². The summed E-state index contributed by atoms with van der Waals surface area (Å²) < 4.78 is 24.2. The Morgan fingerprint density at radius 3 is 1.28 bits per heavy atom. The third-order valence-electron chi connectivity index (χ3n) is 5.61. The maximum absolute atomic E-state index is 10.8. The Morgan fingerprint density at radius 2 is 0.966 bits per heavy atom. The first-order chi connectivity index (χ1) is 13.4. The summed E-state index contributed by atoms with van der Waals surface area (Å²) >= 11 is 0. The van der Waals surface area contributed by atoms with Gasteiger partial charge in [-0.15, -0.1) is 0 Å². The van der Waals surface area contributed by atoms with Crippen molar-refractivity contribution in [1.82, 2.24) is 0 Å². The maximum Gasteiger partial charge on any atom is 0.291 e. The Morgan fingerprint density at radius 1 is 0.517 bits per heavy atom. The SMILES string of the molecule is C[Si](C)(C)O[SiH2]O[Si]([SiH2]O)([SiH2]O)[Si](O[SiH2]O)([SiH2]O)[Si](C)(C)[Si](O[SiH2]O)([SiH2]O)[SiH2]O. The summed E-state index contributed by atoms with van der Waals surface area (Å²) in [7, 11) is -19.6. The molecule has 0 aromatic heterocycles. The van der Waals surface area contributed by atoms with Crippen LogP contribution in [0.5, 0.6) is 0 Å². The number of hydrogen-bond donors (Lipinski definition) is 7. The van der Waals surface area contributed by atoms with Gasteiger partial charge in [-0.05, 0) is 19.6 Å². The van der Waals surface area contributed by atoms with Crippen molar-refractivity contribution in [3.63, 3.8) is 0 Å². The van der Waals surface area contributed by atoms with E-state index in [9.17, 15) is 33.6 Å². The zero-order chi connectivity index (χ0) is 23.0. The highest BCUT2D eigenvalue weighted by Crippen LogP contribution is 2.33. The van der Waals surface area contributed by atoms with E-state index in [1.165, 1.54) is 0 Å². The molecule has 0 spiro atoms. The molecule has 0 saturated heterocycles. The summed E-state index contributed by atoms with van der Waals surface area (Å²) in [5.74, 6) is 0. The van der Waals surface area contributed by atoms with Gasteiger partial charge >= 0.3 is 0 Å². The van der Waals surface area contributed by atoms with Gasteiger partial charge in [-0.1, -0.05) is 13.1 Å². The highest BCUT2D eigenvalue weighted by atomic mass is 30.3. The minimum atomic E-state index is -3.34. The Kier molecular flexibility index (Phi) is 14.4. The molecule has 11 nitrogen and oxygen atoms in total. The van der Waals surface area contributed by atoms with Gasteiger partial charge in [-0.2, -0.15) is 0 Å². The molecular formula is C5H38O11Si13. The summed E-state index contributed by atoms with van der Waals surface area (Å²) in [6.07, 6.45) is 0. The average molecular weight is 639 g/mol. The molecule has 0 saturated carbocycles. The van der Waals surface area contributed by atoms with Crippen molar-refractivity contribution < 1.29 is 50.0 Å². The van der Waals surface area contributed by atoms with E-state index in [1.807, 2.05) is 32.7 Å². The quantitative estimate of drug-likeness (QED) is 0.0799. The van der Waals surface area contributed by atoms with Crippen LogP contribution in [0.3, 0.4) is 0 Å². The third-order valence-corrected chi connectivity index (χ3v) is 166. The smallest absolute Gasteiger partial charge is 0.291 e. The lowest BCUT2D eigenvalue weighted by molar-refractivity contribution is 0.442. The normalized spacial score (nSPS) is 22.8.